The Morgan fingerprint density at radius 2 is 1.90 bits per heavy atom. The lowest BCUT2D eigenvalue weighted by Crippen LogP contribution is -2.46. The number of benzene rings is 1. The summed E-state index contributed by atoms with van der Waals surface area (Å²) < 4.78 is 41.0. The fourth-order valence-electron chi connectivity index (χ4n) is 4.40. The molecule has 1 aromatic carbocycles. The molecule has 0 N–H and O–H groups in total. The van der Waals surface area contributed by atoms with E-state index in [1.807, 2.05) is 19.9 Å². The van der Waals surface area contributed by atoms with Gasteiger partial charge in [0.15, 0.2) is 17.7 Å². The highest BCUT2D eigenvalue weighted by molar-refractivity contribution is 6.38. The predicted octanol–water partition coefficient (Wildman–Crippen LogP) is 3.43. The van der Waals surface area contributed by atoms with Crippen LogP contribution >= 0.6 is 11.6 Å². The number of alkyl halides is 1. The number of anilines is 2. The average Bonchev–Trinajstić information content (AvgIpc) is 3.46. The van der Waals surface area contributed by atoms with Crippen molar-refractivity contribution in [3.63, 3.8) is 0 Å². The van der Waals surface area contributed by atoms with Crippen molar-refractivity contribution >= 4 is 40.2 Å². The van der Waals surface area contributed by atoms with Crippen molar-refractivity contribution in [3.05, 3.63) is 16.7 Å². The SMILES string of the molecule is C[C@@H]1CN(c2c(C3OCCO3)cc3c(N4CC(CF)OC4=O)noc3c2Cl)C[C@@H](C)O1. The van der Waals surface area contributed by atoms with Gasteiger partial charge in [-0.3, -0.25) is 4.90 Å². The summed E-state index contributed by atoms with van der Waals surface area (Å²) in [4.78, 5) is 15.6. The first-order valence-electron chi connectivity index (χ1n) is 10.3. The Labute approximate surface area is 182 Å². The van der Waals surface area contributed by atoms with E-state index >= 15 is 0 Å². The normalized spacial score (nSPS) is 27.5. The molecule has 2 aromatic rings. The van der Waals surface area contributed by atoms with Crippen LogP contribution in [0.15, 0.2) is 10.6 Å². The maximum absolute atomic E-state index is 13.0. The van der Waals surface area contributed by atoms with E-state index in [4.69, 9.17) is 35.1 Å². The molecular formula is C20H23ClFN3O6. The highest BCUT2D eigenvalue weighted by Gasteiger charge is 2.38. The molecule has 0 aliphatic carbocycles. The Balaban J connectivity index is 1.63. The van der Waals surface area contributed by atoms with Gasteiger partial charge in [-0.25, -0.2) is 9.18 Å². The molecule has 9 nitrogen and oxygen atoms in total. The zero-order valence-electron chi connectivity index (χ0n) is 17.2. The lowest BCUT2D eigenvalue weighted by Gasteiger charge is -2.38. The van der Waals surface area contributed by atoms with Gasteiger partial charge in [0.1, 0.15) is 17.8 Å². The summed E-state index contributed by atoms with van der Waals surface area (Å²) in [6.45, 7) is 5.46. The van der Waals surface area contributed by atoms with Crippen molar-refractivity contribution in [3.8, 4) is 0 Å². The van der Waals surface area contributed by atoms with Crippen LogP contribution in [0, 0.1) is 0 Å². The molecule has 3 aliphatic heterocycles. The third kappa shape index (κ3) is 3.61. The summed E-state index contributed by atoms with van der Waals surface area (Å²) in [7, 11) is 0. The van der Waals surface area contributed by atoms with Crippen molar-refractivity contribution in [2.24, 2.45) is 0 Å². The number of nitrogens with zero attached hydrogens (tertiary/aromatic N) is 3. The quantitative estimate of drug-likeness (QED) is 0.693. The monoisotopic (exact) mass is 455 g/mol. The summed E-state index contributed by atoms with van der Waals surface area (Å²) in [5, 5.41) is 4.92. The standard InChI is InChI=1S/C20H23ClFN3O6/c1-10-7-24(8-11(2)29-10)16-13(19-27-3-4-28-19)5-14-17(15(16)21)31-23-18(14)25-9-12(6-22)30-20(25)26/h5,10-12,19H,3-4,6-9H2,1-2H3/t10-,11-,12?/m1/s1. The fraction of sp³-hybridized carbons (Fsp3) is 0.600. The molecule has 1 unspecified atom stereocenters. The maximum Gasteiger partial charge on any atom is 0.416 e. The Kier molecular flexibility index (Phi) is 5.41. The number of carbonyl (C=O) groups excluding carboxylic acids is 1. The largest absolute Gasteiger partial charge is 0.441 e. The Bertz CT molecular complexity index is 987. The van der Waals surface area contributed by atoms with Crippen LogP contribution in [0.2, 0.25) is 5.02 Å². The second-order valence-electron chi connectivity index (χ2n) is 8.02. The van der Waals surface area contributed by atoms with Crippen LogP contribution in [0.5, 0.6) is 0 Å². The second-order valence-corrected chi connectivity index (χ2v) is 8.40. The Morgan fingerprint density at radius 1 is 1.19 bits per heavy atom. The van der Waals surface area contributed by atoms with Crippen molar-refractivity contribution in [2.75, 3.05) is 49.3 Å². The first-order valence-corrected chi connectivity index (χ1v) is 10.6. The highest BCUT2D eigenvalue weighted by Crippen LogP contribution is 2.45. The van der Waals surface area contributed by atoms with Gasteiger partial charge in [-0.15, -0.1) is 0 Å². The van der Waals surface area contributed by atoms with Gasteiger partial charge in [-0.2, -0.15) is 0 Å². The summed E-state index contributed by atoms with van der Waals surface area (Å²) >= 11 is 6.84. The molecule has 0 spiro atoms. The lowest BCUT2D eigenvalue weighted by molar-refractivity contribution is -0.0443. The number of morpholine rings is 1. The van der Waals surface area contributed by atoms with Crippen LogP contribution in [0.3, 0.4) is 0 Å². The molecule has 1 aromatic heterocycles. The predicted molar refractivity (Wildman–Crippen MR) is 109 cm³/mol. The van der Waals surface area contributed by atoms with Crippen LogP contribution in [-0.4, -0.2) is 69.1 Å². The summed E-state index contributed by atoms with van der Waals surface area (Å²) in [5.41, 5.74) is 1.78. The number of amides is 1. The first-order chi connectivity index (χ1) is 15.0. The van der Waals surface area contributed by atoms with Gasteiger partial charge in [0, 0.05) is 18.7 Å². The van der Waals surface area contributed by atoms with Gasteiger partial charge in [0.05, 0.1) is 43.0 Å². The van der Waals surface area contributed by atoms with Gasteiger partial charge in [-0.05, 0) is 19.9 Å². The molecule has 4 heterocycles. The number of fused-ring (bicyclic) bond motifs is 1. The second kappa shape index (κ2) is 8.09. The van der Waals surface area contributed by atoms with Gasteiger partial charge in [0.25, 0.3) is 0 Å². The number of halogens is 2. The molecule has 0 bridgehead atoms. The topological polar surface area (TPSA) is 86.5 Å². The van der Waals surface area contributed by atoms with Gasteiger partial charge < -0.3 is 28.4 Å². The summed E-state index contributed by atoms with van der Waals surface area (Å²) in [6, 6.07) is 1.82. The maximum atomic E-state index is 13.0. The number of aromatic nitrogens is 1. The van der Waals surface area contributed by atoms with E-state index in [-0.39, 0.29) is 24.6 Å². The molecule has 3 fully saturated rings. The summed E-state index contributed by atoms with van der Waals surface area (Å²) in [5.74, 6) is 0.229. The minimum absolute atomic E-state index is 0.0102. The van der Waals surface area contributed by atoms with Crippen LogP contribution < -0.4 is 9.80 Å². The van der Waals surface area contributed by atoms with E-state index in [9.17, 15) is 9.18 Å². The zero-order chi connectivity index (χ0) is 21.7. The van der Waals surface area contributed by atoms with E-state index in [0.29, 0.717) is 42.3 Å². The molecule has 3 aliphatic rings. The van der Waals surface area contributed by atoms with Crippen LogP contribution in [-0.2, 0) is 18.9 Å². The minimum Gasteiger partial charge on any atom is -0.441 e. The minimum atomic E-state index is -0.841. The number of ether oxygens (including phenoxy) is 4. The number of rotatable bonds is 4. The van der Waals surface area contributed by atoms with E-state index in [0.717, 1.165) is 11.3 Å². The molecular weight excluding hydrogens is 433 g/mol. The number of cyclic esters (lactones) is 1. The highest BCUT2D eigenvalue weighted by atomic mass is 35.5. The van der Waals surface area contributed by atoms with Gasteiger partial charge >= 0.3 is 6.09 Å². The third-order valence-corrected chi connectivity index (χ3v) is 5.95. The number of carbonyl (C=O) groups is 1. The van der Waals surface area contributed by atoms with E-state index < -0.39 is 25.2 Å². The van der Waals surface area contributed by atoms with E-state index in [1.54, 1.807) is 0 Å². The first kappa shape index (κ1) is 20.7. The smallest absolute Gasteiger partial charge is 0.416 e. The van der Waals surface area contributed by atoms with Crippen LogP contribution in [0.25, 0.3) is 11.0 Å². The lowest BCUT2D eigenvalue weighted by atomic mass is 10.1. The van der Waals surface area contributed by atoms with Gasteiger partial charge in [-0.1, -0.05) is 16.8 Å². The van der Waals surface area contributed by atoms with Crippen molar-refractivity contribution < 1.29 is 32.7 Å². The van der Waals surface area contributed by atoms with Gasteiger partial charge in [0.2, 0.25) is 0 Å². The van der Waals surface area contributed by atoms with Crippen molar-refractivity contribution in [1.29, 1.82) is 0 Å². The van der Waals surface area contributed by atoms with Crippen LogP contribution in [0.4, 0.5) is 20.7 Å². The van der Waals surface area contributed by atoms with Crippen molar-refractivity contribution in [2.45, 2.75) is 38.4 Å². The van der Waals surface area contributed by atoms with Crippen molar-refractivity contribution in [1.82, 2.24) is 5.16 Å². The molecule has 168 valence electrons. The average molecular weight is 456 g/mol. The zero-order valence-corrected chi connectivity index (χ0v) is 17.9. The molecule has 3 saturated heterocycles. The van der Waals surface area contributed by atoms with E-state index in [2.05, 4.69) is 10.1 Å². The molecule has 3 atom stereocenters. The molecule has 1 amide bonds. The molecule has 0 radical (unpaired) electrons. The molecule has 0 saturated carbocycles. The van der Waals surface area contributed by atoms with E-state index in [1.165, 1.54) is 4.90 Å². The molecule has 11 heteroatoms. The number of hydrogen-bond acceptors (Lipinski definition) is 8. The Morgan fingerprint density at radius 3 is 2.55 bits per heavy atom. The molecule has 31 heavy (non-hydrogen) atoms. The third-order valence-electron chi connectivity index (χ3n) is 5.60. The van der Waals surface area contributed by atoms with Crippen LogP contribution in [0.1, 0.15) is 25.7 Å². The molecule has 5 rings (SSSR count). The summed E-state index contributed by atoms with van der Waals surface area (Å²) in [6.07, 6.45) is -2.11. The fourth-order valence-corrected chi connectivity index (χ4v) is 4.77. The Hall–Kier alpha value is -2.14. The number of hydrogen-bond donors (Lipinski definition) is 0.